The van der Waals surface area contributed by atoms with Crippen molar-refractivity contribution < 1.29 is 18.0 Å². The number of carbonyl (C=O) groups is 1. The molecule has 30 heavy (non-hydrogen) atoms. The van der Waals surface area contributed by atoms with Gasteiger partial charge in [-0.25, -0.2) is 0 Å². The molecule has 156 valence electrons. The van der Waals surface area contributed by atoms with Crippen molar-refractivity contribution in [2.75, 3.05) is 13.1 Å². The highest BCUT2D eigenvalue weighted by Crippen LogP contribution is 2.36. The second-order valence-electron chi connectivity index (χ2n) is 7.87. The summed E-state index contributed by atoms with van der Waals surface area (Å²) >= 11 is 0. The molecule has 0 saturated carbocycles. The molecule has 0 radical (unpaired) electrons. The Morgan fingerprint density at radius 2 is 1.57 bits per heavy atom. The van der Waals surface area contributed by atoms with Gasteiger partial charge >= 0.3 is 6.18 Å². The van der Waals surface area contributed by atoms with Gasteiger partial charge < -0.3 is 4.90 Å². The molecule has 5 heteroatoms. The molecule has 1 aliphatic rings. The summed E-state index contributed by atoms with van der Waals surface area (Å²) in [5, 5.41) is 0.427. The van der Waals surface area contributed by atoms with Gasteiger partial charge in [-0.2, -0.15) is 13.2 Å². The summed E-state index contributed by atoms with van der Waals surface area (Å²) < 4.78 is 40.1. The minimum Gasteiger partial charge on any atom is -0.339 e. The highest BCUT2D eigenvalue weighted by molar-refractivity contribution is 6.07. The molecule has 0 N–H and O–H groups in total. The number of rotatable bonds is 3. The fraction of sp³-hybridized carbons (Fsp3) is 0.320. The molecule has 0 unspecified atom stereocenters. The summed E-state index contributed by atoms with van der Waals surface area (Å²) in [6, 6.07) is 17.3. The van der Waals surface area contributed by atoms with Crippen molar-refractivity contribution in [1.29, 1.82) is 0 Å². The Morgan fingerprint density at radius 1 is 0.933 bits per heavy atom. The Hall–Kier alpha value is -2.82. The van der Waals surface area contributed by atoms with E-state index in [1.807, 2.05) is 0 Å². The first kappa shape index (κ1) is 20.5. The van der Waals surface area contributed by atoms with E-state index in [-0.39, 0.29) is 11.3 Å². The highest BCUT2D eigenvalue weighted by atomic mass is 19.4. The molecule has 0 aliphatic carbocycles. The number of benzene rings is 3. The van der Waals surface area contributed by atoms with Crippen LogP contribution in [-0.2, 0) is 12.6 Å². The predicted octanol–water partition coefficient (Wildman–Crippen LogP) is 6.44. The van der Waals surface area contributed by atoms with Gasteiger partial charge in [-0.3, -0.25) is 4.79 Å². The molecule has 1 fully saturated rings. The summed E-state index contributed by atoms with van der Waals surface area (Å²) in [6.45, 7) is 3.34. The Morgan fingerprint density at radius 3 is 2.20 bits per heavy atom. The van der Waals surface area contributed by atoms with E-state index < -0.39 is 11.7 Å². The lowest BCUT2D eigenvalue weighted by molar-refractivity contribution is -0.136. The van der Waals surface area contributed by atoms with Crippen LogP contribution < -0.4 is 0 Å². The molecule has 3 aromatic rings. The SMILES string of the molecule is CCc1ccc(C2CCN(C(=O)c3cccc4c(C(F)(F)F)cccc34)CC2)cc1. The first-order valence-electron chi connectivity index (χ1n) is 10.4. The maximum absolute atomic E-state index is 13.4. The highest BCUT2D eigenvalue weighted by Gasteiger charge is 2.33. The van der Waals surface area contributed by atoms with Gasteiger partial charge in [-0.1, -0.05) is 55.5 Å². The lowest BCUT2D eigenvalue weighted by Crippen LogP contribution is -2.38. The van der Waals surface area contributed by atoms with Gasteiger partial charge in [0.25, 0.3) is 5.91 Å². The molecule has 1 aliphatic heterocycles. The lowest BCUT2D eigenvalue weighted by atomic mass is 9.88. The van der Waals surface area contributed by atoms with Gasteiger partial charge in [-0.05, 0) is 59.2 Å². The van der Waals surface area contributed by atoms with Crippen molar-refractivity contribution in [2.45, 2.75) is 38.3 Å². The molecule has 1 saturated heterocycles. The van der Waals surface area contributed by atoms with Crippen molar-refractivity contribution in [2.24, 2.45) is 0 Å². The van der Waals surface area contributed by atoms with Gasteiger partial charge in [0.1, 0.15) is 0 Å². The van der Waals surface area contributed by atoms with E-state index in [9.17, 15) is 18.0 Å². The Labute approximate surface area is 174 Å². The van der Waals surface area contributed by atoms with Crippen LogP contribution in [0.15, 0.2) is 60.7 Å². The molecule has 2 nitrogen and oxygen atoms in total. The van der Waals surface area contributed by atoms with E-state index >= 15 is 0 Å². The van der Waals surface area contributed by atoms with Crippen LogP contribution in [0.5, 0.6) is 0 Å². The molecule has 1 heterocycles. The van der Waals surface area contributed by atoms with Crippen molar-refractivity contribution >= 4 is 16.7 Å². The van der Waals surface area contributed by atoms with Gasteiger partial charge in [0, 0.05) is 18.7 Å². The van der Waals surface area contributed by atoms with E-state index in [4.69, 9.17) is 0 Å². The van der Waals surface area contributed by atoms with Crippen molar-refractivity contribution in [3.05, 3.63) is 82.9 Å². The zero-order chi connectivity index (χ0) is 21.3. The molecular formula is C25H24F3NO. The number of nitrogens with zero attached hydrogens (tertiary/aromatic N) is 1. The number of hydrogen-bond acceptors (Lipinski definition) is 1. The smallest absolute Gasteiger partial charge is 0.339 e. The predicted molar refractivity (Wildman–Crippen MR) is 113 cm³/mol. The third-order valence-corrected chi connectivity index (χ3v) is 6.10. The Bertz CT molecular complexity index is 1050. The topological polar surface area (TPSA) is 20.3 Å². The summed E-state index contributed by atoms with van der Waals surface area (Å²) in [5.74, 6) is 0.212. The average Bonchev–Trinajstić information content (AvgIpc) is 2.77. The zero-order valence-corrected chi connectivity index (χ0v) is 16.9. The molecule has 0 spiro atoms. The lowest BCUT2D eigenvalue weighted by Gasteiger charge is -2.32. The first-order chi connectivity index (χ1) is 14.4. The second-order valence-corrected chi connectivity index (χ2v) is 7.87. The van der Waals surface area contributed by atoms with E-state index in [1.165, 1.54) is 29.3 Å². The van der Waals surface area contributed by atoms with Crippen LogP contribution in [0.4, 0.5) is 13.2 Å². The third-order valence-electron chi connectivity index (χ3n) is 6.10. The molecule has 1 amide bonds. The van der Waals surface area contributed by atoms with Crippen molar-refractivity contribution in [3.8, 4) is 0 Å². The second kappa shape index (κ2) is 8.13. The van der Waals surface area contributed by atoms with Crippen LogP contribution in [0, 0.1) is 0 Å². The Balaban J connectivity index is 1.54. The number of aryl methyl sites for hydroxylation is 1. The summed E-state index contributed by atoms with van der Waals surface area (Å²) in [6.07, 6.45) is -1.73. The van der Waals surface area contributed by atoms with Gasteiger partial charge in [0.15, 0.2) is 0 Å². The molecule has 0 atom stereocenters. The summed E-state index contributed by atoms with van der Waals surface area (Å²) in [5.41, 5.74) is 2.23. The summed E-state index contributed by atoms with van der Waals surface area (Å²) in [4.78, 5) is 14.9. The van der Waals surface area contributed by atoms with E-state index in [2.05, 4.69) is 31.2 Å². The van der Waals surface area contributed by atoms with Crippen LogP contribution in [-0.4, -0.2) is 23.9 Å². The maximum Gasteiger partial charge on any atom is 0.417 e. The number of fused-ring (bicyclic) bond motifs is 1. The maximum atomic E-state index is 13.4. The van der Waals surface area contributed by atoms with Crippen molar-refractivity contribution in [1.82, 2.24) is 4.90 Å². The molecule has 3 aromatic carbocycles. The molecule has 4 rings (SSSR count). The van der Waals surface area contributed by atoms with Crippen LogP contribution in [0.25, 0.3) is 10.8 Å². The minimum absolute atomic E-state index is 0.0711. The van der Waals surface area contributed by atoms with Crippen LogP contribution in [0.1, 0.15) is 52.7 Å². The van der Waals surface area contributed by atoms with Crippen LogP contribution in [0.3, 0.4) is 0 Å². The normalized spacial score (nSPS) is 15.5. The van der Waals surface area contributed by atoms with Crippen molar-refractivity contribution in [3.63, 3.8) is 0 Å². The number of amides is 1. The number of alkyl halides is 3. The van der Waals surface area contributed by atoms with E-state index in [0.29, 0.717) is 30.0 Å². The fourth-order valence-electron chi connectivity index (χ4n) is 4.36. The summed E-state index contributed by atoms with van der Waals surface area (Å²) in [7, 11) is 0. The Kier molecular flexibility index (Phi) is 5.54. The number of hydrogen-bond donors (Lipinski definition) is 0. The van der Waals surface area contributed by atoms with E-state index in [1.54, 1.807) is 17.0 Å². The monoisotopic (exact) mass is 411 g/mol. The average molecular weight is 411 g/mol. The van der Waals surface area contributed by atoms with Gasteiger partial charge in [0.05, 0.1) is 5.56 Å². The fourth-order valence-corrected chi connectivity index (χ4v) is 4.36. The van der Waals surface area contributed by atoms with Gasteiger partial charge in [0.2, 0.25) is 0 Å². The third kappa shape index (κ3) is 3.93. The quantitative estimate of drug-likeness (QED) is 0.486. The van der Waals surface area contributed by atoms with Crippen LogP contribution >= 0.6 is 0 Å². The number of halogens is 3. The molecule has 0 bridgehead atoms. The number of piperidine rings is 1. The van der Waals surface area contributed by atoms with E-state index in [0.717, 1.165) is 25.3 Å². The minimum atomic E-state index is -4.45. The first-order valence-corrected chi connectivity index (χ1v) is 10.4. The standard InChI is InChI=1S/C25H24F3NO/c1-2-17-9-11-18(12-10-17)19-13-15-29(16-14-19)24(30)22-7-3-6-21-20(22)5-4-8-23(21)25(26,27)28/h3-12,19H,2,13-16H2,1H3. The number of likely N-dealkylation sites (tertiary alicyclic amines) is 1. The number of carbonyl (C=O) groups excluding carboxylic acids is 1. The zero-order valence-electron chi connectivity index (χ0n) is 16.9. The van der Waals surface area contributed by atoms with Crippen LogP contribution in [0.2, 0.25) is 0 Å². The van der Waals surface area contributed by atoms with Gasteiger partial charge in [-0.15, -0.1) is 0 Å². The largest absolute Gasteiger partial charge is 0.417 e. The molecular weight excluding hydrogens is 387 g/mol. The molecule has 0 aromatic heterocycles.